The second-order valence-corrected chi connectivity index (χ2v) is 8.19. The number of amides is 2. The molecular weight excluding hydrogens is 364 g/mol. The highest BCUT2D eigenvalue weighted by Gasteiger charge is 2.25. The van der Waals surface area contributed by atoms with Crippen molar-refractivity contribution in [3.05, 3.63) is 59.5 Å². The summed E-state index contributed by atoms with van der Waals surface area (Å²) >= 11 is 0. The lowest BCUT2D eigenvalue weighted by Gasteiger charge is -2.29. The van der Waals surface area contributed by atoms with Crippen LogP contribution in [0.1, 0.15) is 67.1 Å². The quantitative estimate of drug-likeness (QED) is 0.699. The third kappa shape index (κ3) is 5.96. The molecule has 5 nitrogen and oxygen atoms in total. The van der Waals surface area contributed by atoms with Crippen molar-refractivity contribution >= 4 is 11.8 Å². The van der Waals surface area contributed by atoms with Crippen LogP contribution in [0.2, 0.25) is 0 Å². The Labute approximate surface area is 173 Å². The van der Waals surface area contributed by atoms with Crippen molar-refractivity contribution in [1.82, 2.24) is 10.2 Å². The van der Waals surface area contributed by atoms with Gasteiger partial charge >= 0.3 is 0 Å². The van der Waals surface area contributed by atoms with E-state index in [1.54, 1.807) is 25.4 Å². The first-order valence-corrected chi connectivity index (χ1v) is 10.7. The van der Waals surface area contributed by atoms with Crippen LogP contribution >= 0.6 is 0 Å². The molecule has 0 bridgehead atoms. The molecule has 29 heavy (non-hydrogen) atoms. The predicted molar refractivity (Wildman–Crippen MR) is 113 cm³/mol. The standard InChI is InChI=1S/C24H32N2O3/c1-18(15-19-7-4-3-5-8-19)24(28)26(17-22-9-6-14-29-22)16-20-10-12-21(13-11-20)23(27)25-2/h6,9-14,18-19H,3-5,7-8,15-17H2,1-2H3,(H,25,27). The van der Waals surface area contributed by atoms with Gasteiger partial charge in [-0.3, -0.25) is 9.59 Å². The summed E-state index contributed by atoms with van der Waals surface area (Å²) < 4.78 is 5.50. The van der Waals surface area contributed by atoms with Crippen molar-refractivity contribution in [2.24, 2.45) is 11.8 Å². The summed E-state index contributed by atoms with van der Waals surface area (Å²) in [4.78, 5) is 26.9. The maximum atomic E-state index is 13.3. The number of carbonyl (C=O) groups excluding carboxylic acids is 2. The van der Waals surface area contributed by atoms with Gasteiger partial charge in [-0.1, -0.05) is 51.2 Å². The Balaban J connectivity index is 1.69. The van der Waals surface area contributed by atoms with Crippen LogP contribution in [0.15, 0.2) is 47.1 Å². The Bertz CT molecular complexity index is 777. The number of hydrogen-bond acceptors (Lipinski definition) is 3. The summed E-state index contributed by atoms with van der Waals surface area (Å²) in [6.45, 7) is 3.02. The molecule has 1 aliphatic rings. The van der Waals surface area contributed by atoms with Gasteiger partial charge in [0, 0.05) is 25.1 Å². The lowest BCUT2D eigenvalue weighted by molar-refractivity contribution is -0.137. The fourth-order valence-electron chi connectivity index (χ4n) is 4.26. The molecule has 5 heteroatoms. The van der Waals surface area contributed by atoms with E-state index in [1.807, 2.05) is 29.2 Å². The number of nitrogens with one attached hydrogen (secondary N) is 1. The molecule has 1 N–H and O–H groups in total. The zero-order chi connectivity index (χ0) is 20.6. The van der Waals surface area contributed by atoms with Crippen LogP contribution < -0.4 is 5.32 Å². The van der Waals surface area contributed by atoms with Gasteiger partial charge in [0.1, 0.15) is 5.76 Å². The molecule has 2 aromatic rings. The predicted octanol–water partition coefficient (Wildman–Crippen LogP) is 4.77. The molecule has 2 amide bonds. The molecule has 0 aliphatic heterocycles. The number of rotatable bonds is 8. The number of carbonyl (C=O) groups is 2. The van der Waals surface area contributed by atoms with Crippen molar-refractivity contribution in [3.8, 4) is 0 Å². The number of furan rings is 1. The largest absolute Gasteiger partial charge is 0.467 e. The molecule has 1 atom stereocenters. The molecule has 1 unspecified atom stereocenters. The number of nitrogens with zero attached hydrogens (tertiary/aromatic N) is 1. The fourth-order valence-corrected chi connectivity index (χ4v) is 4.26. The topological polar surface area (TPSA) is 62.6 Å². The van der Waals surface area contributed by atoms with E-state index in [-0.39, 0.29) is 17.7 Å². The van der Waals surface area contributed by atoms with E-state index in [1.165, 1.54) is 32.1 Å². The van der Waals surface area contributed by atoms with E-state index < -0.39 is 0 Å². The Morgan fingerprint density at radius 2 is 1.83 bits per heavy atom. The van der Waals surface area contributed by atoms with Crippen molar-refractivity contribution < 1.29 is 14.0 Å². The summed E-state index contributed by atoms with van der Waals surface area (Å²) in [5.74, 6) is 1.51. The van der Waals surface area contributed by atoms with Gasteiger partial charge in [0.2, 0.25) is 5.91 Å². The Morgan fingerprint density at radius 3 is 2.45 bits per heavy atom. The van der Waals surface area contributed by atoms with E-state index in [0.29, 0.717) is 24.6 Å². The molecule has 0 spiro atoms. The van der Waals surface area contributed by atoms with E-state index in [2.05, 4.69) is 12.2 Å². The lowest BCUT2D eigenvalue weighted by Crippen LogP contribution is -2.35. The van der Waals surface area contributed by atoms with Gasteiger partial charge in [-0.15, -0.1) is 0 Å². The minimum atomic E-state index is -0.110. The molecule has 1 aromatic heterocycles. The monoisotopic (exact) mass is 396 g/mol. The second-order valence-electron chi connectivity index (χ2n) is 8.19. The maximum absolute atomic E-state index is 13.3. The second kappa shape index (κ2) is 10.3. The van der Waals surface area contributed by atoms with Crippen molar-refractivity contribution in [2.75, 3.05) is 7.05 Å². The third-order valence-corrected chi connectivity index (χ3v) is 5.89. The molecule has 3 rings (SSSR count). The highest BCUT2D eigenvalue weighted by molar-refractivity contribution is 5.93. The van der Waals surface area contributed by atoms with Crippen molar-refractivity contribution in [2.45, 2.75) is 58.5 Å². The average molecular weight is 397 g/mol. The van der Waals surface area contributed by atoms with Crippen LogP contribution in [-0.2, 0) is 17.9 Å². The Morgan fingerprint density at radius 1 is 1.10 bits per heavy atom. The first kappa shape index (κ1) is 21.2. The molecule has 1 fully saturated rings. The minimum Gasteiger partial charge on any atom is -0.467 e. The summed E-state index contributed by atoms with van der Waals surface area (Å²) in [7, 11) is 1.62. The van der Waals surface area contributed by atoms with Crippen LogP contribution in [-0.4, -0.2) is 23.8 Å². The van der Waals surface area contributed by atoms with Gasteiger partial charge in [-0.25, -0.2) is 0 Å². The van der Waals surface area contributed by atoms with Gasteiger partial charge < -0.3 is 14.6 Å². The zero-order valence-corrected chi connectivity index (χ0v) is 17.5. The summed E-state index contributed by atoms with van der Waals surface area (Å²) in [5.41, 5.74) is 1.62. The molecule has 1 aromatic carbocycles. The Hall–Kier alpha value is -2.56. The highest BCUT2D eigenvalue weighted by Crippen LogP contribution is 2.30. The zero-order valence-electron chi connectivity index (χ0n) is 17.5. The Kier molecular flexibility index (Phi) is 7.50. The smallest absolute Gasteiger partial charge is 0.251 e. The van der Waals surface area contributed by atoms with Crippen LogP contribution in [0.5, 0.6) is 0 Å². The molecule has 0 saturated heterocycles. The van der Waals surface area contributed by atoms with E-state index in [4.69, 9.17) is 4.42 Å². The first-order chi connectivity index (χ1) is 14.1. The van der Waals surface area contributed by atoms with Crippen LogP contribution in [0, 0.1) is 11.8 Å². The van der Waals surface area contributed by atoms with Gasteiger partial charge in [0.05, 0.1) is 12.8 Å². The van der Waals surface area contributed by atoms with Gasteiger partial charge in [0.15, 0.2) is 0 Å². The van der Waals surface area contributed by atoms with Crippen LogP contribution in [0.4, 0.5) is 0 Å². The molecule has 0 radical (unpaired) electrons. The number of benzene rings is 1. The van der Waals surface area contributed by atoms with Gasteiger partial charge in [0.25, 0.3) is 5.91 Å². The van der Waals surface area contributed by atoms with Crippen LogP contribution in [0.3, 0.4) is 0 Å². The third-order valence-electron chi connectivity index (χ3n) is 5.89. The summed E-state index contributed by atoms with van der Waals surface area (Å²) in [6, 6.07) is 11.2. The SMILES string of the molecule is CNC(=O)c1ccc(CN(Cc2ccco2)C(=O)C(C)CC2CCCCC2)cc1. The molecule has 1 aliphatic carbocycles. The van der Waals surface area contributed by atoms with Gasteiger partial charge in [-0.2, -0.15) is 0 Å². The van der Waals surface area contributed by atoms with E-state index >= 15 is 0 Å². The summed E-state index contributed by atoms with van der Waals surface area (Å²) in [6.07, 6.45) is 9.01. The maximum Gasteiger partial charge on any atom is 0.251 e. The highest BCUT2D eigenvalue weighted by atomic mass is 16.3. The normalized spacial score (nSPS) is 15.7. The molecule has 1 saturated carbocycles. The fraction of sp³-hybridized carbons (Fsp3) is 0.500. The number of hydrogen-bond donors (Lipinski definition) is 1. The first-order valence-electron chi connectivity index (χ1n) is 10.7. The van der Waals surface area contributed by atoms with Crippen molar-refractivity contribution in [1.29, 1.82) is 0 Å². The summed E-state index contributed by atoms with van der Waals surface area (Å²) in [5, 5.41) is 2.63. The molecule has 156 valence electrons. The average Bonchev–Trinajstić information content (AvgIpc) is 3.26. The van der Waals surface area contributed by atoms with Crippen LogP contribution in [0.25, 0.3) is 0 Å². The lowest BCUT2D eigenvalue weighted by atomic mass is 9.83. The minimum absolute atomic E-state index is 0.00166. The van der Waals surface area contributed by atoms with Gasteiger partial charge in [-0.05, 0) is 42.2 Å². The van der Waals surface area contributed by atoms with E-state index in [9.17, 15) is 9.59 Å². The van der Waals surface area contributed by atoms with E-state index in [0.717, 1.165) is 17.7 Å². The molecular formula is C24H32N2O3. The van der Waals surface area contributed by atoms with Crippen molar-refractivity contribution in [3.63, 3.8) is 0 Å². The molecule has 1 heterocycles.